The molecule has 1 N–H and O–H groups in total. The zero-order chi connectivity index (χ0) is 12.3. The minimum atomic E-state index is -0.574. The molecule has 0 spiro atoms. The summed E-state index contributed by atoms with van der Waals surface area (Å²) in [6.07, 6.45) is 0. The van der Waals surface area contributed by atoms with E-state index < -0.39 is 5.91 Å². The van der Waals surface area contributed by atoms with Crippen molar-refractivity contribution in [1.29, 1.82) is 0 Å². The van der Waals surface area contributed by atoms with Crippen LogP contribution in [0.1, 0.15) is 17.5 Å². The first-order valence-corrected chi connectivity index (χ1v) is 5.17. The van der Waals surface area contributed by atoms with Crippen LogP contribution in [-0.4, -0.2) is 12.5 Å². The number of hydrogen-bond donors (Lipinski definition) is 1. The van der Waals surface area contributed by atoms with Crippen LogP contribution >= 0.6 is 0 Å². The van der Waals surface area contributed by atoms with Gasteiger partial charge in [-0.2, -0.15) is 0 Å². The second-order valence-corrected chi connectivity index (χ2v) is 3.34. The fraction of sp³-hybridized carbons (Fsp3) is 0.167. The van der Waals surface area contributed by atoms with Crippen molar-refractivity contribution >= 4 is 16.9 Å². The summed E-state index contributed by atoms with van der Waals surface area (Å²) in [6.45, 7) is 2.07. The van der Waals surface area contributed by atoms with Gasteiger partial charge in [-0.25, -0.2) is 5.48 Å². The Labute approximate surface area is 97.0 Å². The van der Waals surface area contributed by atoms with Crippen molar-refractivity contribution in [3.63, 3.8) is 0 Å². The van der Waals surface area contributed by atoms with Crippen LogP contribution in [0, 0.1) is 0 Å². The molecule has 1 aromatic heterocycles. The summed E-state index contributed by atoms with van der Waals surface area (Å²) < 4.78 is 5.31. The second-order valence-electron chi connectivity index (χ2n) is 3.34. The van der Waals surface area contributed by atoms with Crippen molar-refractivity contribution in [2.45, 2.75) is 6.92 Å². The summed E-state index contributed by atoms with van der Waals surface area (Å²) in [7, 11) is 0. The standard InChI is InChI=1S/C12H11NO4/c1-2-16-13-12(15)11-7-9(14)8-5-3-4-6-10(8)17-11/h3-7H,2H2,1H3,(H,13,15). The number of carbonyl (C=O) groups excluding carboxylic acids is 1. The maximum Gasteiger partial charge on any atom is 0.310 e. The van der Waals surface area contributed by atoms with Gasteiger partial charge >= 0.3 is 5.91 Å². The molecule has 0 saturated heterocycles. The van der Waals surface area contributed by atoms with E-state index in [1.165, 1.54) is 0 Å². The molecule has 0 fully saturated rings. The van der Waals surface area contributed by atoms with E-state index in [1.54, 1.807) is 31.2 Å². The lowest BCUT2D eigenvalue weighted by molar-refractivity contribution is 0.0341. The van der Waals surface area contributed by atoms with Crippen LogP contribution in [0.15, 0.2) is 39.5 Å². The number of benzene rings is 1. The van der Waals surface area contributed by atoms with E-state index in [-0.39, 0.29) is 11.2 Å². The summed E-state index contributed by atoms with van der Waals surface area (Å²) in [5.74, 6) is -0.642. The van der Waals surface area contributed by atoms with Crippen LogP contribution in [0.4, 0.5) is 0 Å². The second kappa shape index (κ2) is 4.80. The van der Waals surface area contributed by atoms with Gasteiger partial charge in [0.2, 0.25) is 0 Å². The Bertz CT molecular complexity index is 603. The highest BCUT2D eigenvalue weighted by Crippen LogP contribution is 2.11. The fourth-order valence-corrected chi connectivity index (χ4v) is 1.40. The largest absolute Gasteiger partial charge is 0.451 e. The first-order chi connectivity index (χ1) is 8.22. The molecule has 1 aromatic carbocycles. The minimum absolute atomic E-state index is 0.0675. The molecule has 0 aliphatic carbocycles. The van der Waals surface area contributed by atoms with Crippen molar-refractivity contribution in [2.75, 3.05) is 6.61 Å². The summed E-state index contributed by atoms with van der Waals surface area (Å²) in [5, 5.41) is 0.445. The highest BCUT2D eigenvalue weighted by atomic mass is 16.7. The predicted octanol–water partition coefficient (Wildman–Crippen LogP) is 1.47. The van der Waals surface area contributed by atoms with Gasteiger partial charge in [0.15, 0.2) is 11.2 Å². The van der Waals surface area contributed by atoms with Crippen LogP contribution in [0.3, 0.4) is 0 Å². The number of amides is 1. The van der Waals surface area contributed by atoms with Crippen LogP contribution in [-0.2, 0) is 4.84 Å². The molecule has 0 radical (unpaired) electrons. The smallest absolute Gasteiger partial charge is 0.310 e. The molecule has 5 nitrogen and oxygen atoms in total. The Morgan fingerprint density at radius 3 is 2.94 bits per heavy atom. The summed E-state index contributed by atoms with van der Waals surface area (Å²) >= 11 is 0. The molecular weight excluding hydrogens is 222 g/mol. The lowest BCUT2D eigenvalue weighted by Crippen LogP contribution is -2.24. The van der Waals surface area contributed by atoms with Gasteiger partial charge in [0.25, 0.3) is 0 Å². The Balaban J connectivity index is 2.43. The third-order valence-electron chi connectivity index (χ3n) is 2.17. The van der Waals surface area contributed by atoms with Crippen molar-refractivity contribution in [1.82, 2.24) is 5.48 Å². The van der Waals surface area contributed by atoms with Crippen LogP contribution in [0.25, 0.3) is 11.0 Å². The molecule has 0 unspecified atom stereocenters. The number of carbonyl (C=O) groups is 1. The number of rotatable bonds is 3. The van der Waals surface area contributed by atoms with Crippen LogP contribution in [0.2, 0.25) is 0 Å². The third kappa shape index (κ3) is 2.34. The van der Waals surface area contributed by atoms with Gasteiger partial charge in [-0.05, 0) is 19.1 Å². The van der Waals surface area contributed by atoms with Crippen molar-refractivity contribution in [3.8, 4) is 0 Å². The molecule has 0 bridgehead atoms. The van der Waals surface area contributed by atoms with Gasteiger partial charge in [-0.3, -0.25) is 14.4 Å². The van der Waals surface area contributed by atoms with Crippen molar-refractivity contribution < 1.29 is 14.0 Å². The molecule has 0 saturated carbocycles. The van der Waals surface area contributed by atoms with Gasteiger partial charge in [0.1, 0.15) is 5.58 Å². The van der Waals surface area contributed by atoms with E-state index in [0.29, 0.717) is 17.6 Å². The Kier molecular flexibility index (Phi) is 3.20. The third-order valence-corrected chi connectivity index (χ3v) is 2.17. The molecule has 0 aliphatic rings. The van der Waals surface area contributed by atoms with E-state index in [9.17, 15) is 9.59 Å². The molecule has 2 aromatic rings. The molecule has 1 heterocycles. The summed E-state index contributed by atoms with van der Waals surface area (Å²) in [6, 6.07) is 7.89. The van der Waals surface area contributed by atoms with E-state index in [1.807, 2.05) is 0 Å². The first-order valence-electron chi connectivity index (χ1n) is 5.17. The monoisotopic (exact) mass is 233 g/mol. The number of hydroxylamine groups is 1. The molecular formula is C12H11NO4. The highest BCUT2D eigenvalue weighted by Gasteiger charge is 2.11. The fourth-order valence-electron chi connectivity index (χ4n) is 1.40. The number of nitrogens with one attached hydrogen (secondary N) is 1. The molecule has 88 valence electrons. The molecule has 0 atom stereocenters. The van der Waals surface area contributed by atoms with Gasteiger partial charge in [-0.1, -0.05) is 12.1 Å². The number of hydrogen-bond acceptors (Lipinski definition) is 4. The van der Waals surface area contributed by atoms with E-state index in [2.05, 4.69) is 5.48 Å². The summed E-state index contributed by atoms with van der Waals surface area (Å²) in [4.78, 5) is 28.0. The predicted molar refractivity (Wildman–Crippen MR) is 61.6 cm³/mol. The van der Waals surface area contributed by atoms with Crippen molar-refractivity contribution in [3.05, 3.63) is 46.3 Å². The Morgan fingerprint density at radius 2 is 2.18 bits per heavy atom. The maximum atomic E-state index is 11.7. The van der Waals surface area contributed by atoms with E-state index in [0.717, 1.165) is 6.07 Å². The SMILES string of the molecule is CCONC(=O)c1cc(=O)c2ccccc2o1. The zero-order valence-electron chi connectivity index (χ0n) is 9.23. The van der Waals surface area contributed by atoms with E-state index in [4.69, 9.17) is 9.25 Å². The van der Waals surface area contributed by atoms with Gasteiger partial charge in [-0.15, -0.1) is 0 Å². The molecule has 2 rings (SSSR count). The molecule has 1 amide bonds. The minimum Gasteiger partial charge on any atom is -0.451 e. The average Bonchev–Trinajstić information content (AvgIpc) is 2.36. The lowest BCUT2D eigenvalue weighted by Gasteiger charge is -2.03. The molecule has 5 heteroatoms. The number of para-hydroxylation sites is 1. The van der Waals surface area contributed by atoms with Crippen LogP contribution in [0.5, 0.6) is 0 Å². The lowest BCUT2D eigenvalue weighted by atomic mass is 10.2. The average molecular weight is 233 g/mol. The first kappa shape index (κ1) is 11.3. The van der Waals surface area contributed by atoms with Crippen LogP contribution < -0.4 is 10.9 Å². The topological polar surface area (TPSA) is 68.5 Å². The zero-order valence-corrected chi connectivity index (χ0v) is 9.23. The van der Waals surface area contributed by atoms with E-state index >= 15 is 0 Å². The molecule has 17 heavy (non-hydrogen) atoms. The Hall–Kier alpha value is -2.14. The normalized spacial score (nSPS) is 10.4. The Morgan fingerprint density at radius 1 is 1.41 bits per heavy atom. The van der Waals surface area contributed by atoms with Gasteiger partial charge in [0, 0.05) is 6.07 Å². The van der Waals surface area contributed by atoms with Gasteiger partial charge in [0.05, 0.1) is 12.0 Å². The quantitative estimate of drug-likeness (QED) is 0.815. The van der Waals surface area contributed by atoms with Crippen molar-refractivity contribution in [2.24, 2.45) is 0 Å². The number of fused-ring (bicyclic) bond motifs is 1. The highest BCUT2D eigenvalue weighted by molar-refractivity contribution is 5.92. The summed E-state index contributed by atoms with van der Waals surface area (Å²) in [5.41, 5.74) is 2.29. The maximum absolute atomic E-state index is 11.7. The molecule has 0 aliphatic heterocycles. The van der Waals surface area contributed by atoms with Gasteiger partial charge < -0.3 is 4.42 Å².